The molecule has 0 saturated heterocycles. The van der Waals surface area contributed by atoms with Crippen LogP contribution >= 0.6 is 0 Å². The van der Waals surface area contributed by atoms with Gasteiger partial charge in [-0.2, -0.15) is 0 Å². The first-order valence-electron chi connectivity index (χ1n) is 5.92. The van der Waals surface area contributed by atoms with E-state index in [9.17, 15) is 9.18 Å². The number of carbonyl (C=O) groups excluding carboxylic acids is 1. The molecule has 0 aromatic heterocycles. The van der Waals surface area contributed by atoms with Crippen LogP contribution in [0.4, 0.5) is 4.39 Å². The second-order valence-corrected chi connectivity index (χ2v) is 4.59. The maximum Gasteiger partial charge on any atom is 0.160 e. The molecule has 0 bridgehead atoms. The zero-order valence-corrected chi connectivity index (χ0v) is 9.58. The Kier molecular flexibility index (Phi) is 3.37. The van der Waals surface area contributed by atoms with Gasteiger partial charge in [-0.3, -0.25) is 4.79 Å². The molecule has 0 atom stereocenters. The van der Waals surface area contributed by atoms with Crippen molar-refractivity contribution in [3.8, 4) is 0 Å². The number of carbonyl (C=O) groups is 1. The first-order chi connectivity index (χ1) is 7.68. The normalized spacial score (nSPS) is 25.4. The lowest BCUT2D eigenvalue weighted by molar-refractivity contribution is 0.101. The molecule has 2 rings (SSSR count). The van der Waals surface area contributed by atoms with E-state index < -0.39 is 6.17 Å². The van der Waals surface area contributed by atoms with E-state index in [0.717, 1.165) is 24.0 Å². The van der Waals surface area contributed by atoms with Gasteiger partial charge >= 0.3 is 0 Å². The summed E-state index contributed by atoms with van der Waals surface area (Å²) in [5.41, 5.74) is 1.92. The molecule has 0 N–H and O–H groups in total. The highest BCUT2D eigenvalue weighted by Gasteiger charge is 2.24. The molecule has 0 aliphatic heterocycles. The van der Waals surface area contributed by atoms with Gasteiger partial charge in [0.1, 0.15) is 6.17 Å². The van der Waals surface area contributed by atoms with E-state index in [1.165, 1.54) is 0 Å². The third kappa shape index (κ3) is 2.31. The zero-order chi connectivity index (χ0) is 11.5. The summed E-state index contributed by atoms with van der Waals surface area (Å²) in [6, 6.07) is 7.74. The molecule has 86 valence electrons. The molecule has 1 saturated carbocycles. The lowest BCUT2D eigenvalue weighted by Crippen LogP contribution is -2.15. The van der Waals surface area contributed by atoms with Crippen LogP contribution in [0, 0.1) is 0 Å². The minimum Gasteiger partial charge on any atom is -0.295 e. The molecule has 1 aliphatic carbocycles. The molecule has 1 fully saturated rings. The number of benzene rings is 1. The summed E-state index contributed by atoms with van der Waals surface area (Å²) >= 11 is 0. The van der Waals surface area contributed by atoms with Crippen molar-refractivity contribution in [2.45, 2.75) is 44.7 Å². The zero-order valence-electron chi connectivity index (χ0n) is 9.58. The second-order valence-electron chi connectivity index (χ2n) is 4.59. The summed E-state index contributed by atoms with van der Waals surface area (Å²) in [6.07, 6.45) is 2.37. The van der Waals surface area contributed by atoms with Crippen LogP contribution in [-0.2, 0) is 0 Å². The largest absolute Gasteiger partial charge is 0.295 e. The van der Waals surface area contributed by atoms with Crippen LogP contribution in [0.5, 0.6) is 0 Å². The van der Waals surface area contributed by atoms with Gasteiger partial charge in [0.25, 0.3) is 0 Å². The standard InChI is InChI=1S/C14H17FO/c1-10(16)13-4-2-3-5-14(13)11-6-8-12(15)9-7-11/h2-5,11-12H,6-9H2,1H3. The van der Waals surface area contributed by atoms with E-state index >= 15 is 0 Å². The number of halogens is 1. The van der Waals surface area contributed by atoms with E-state index in [1.54, 1.807) is 6.92 Å². The highest BCUT2D eigenvalue weighted by molar-refractivity contribution is 5.95. The van der Waals surface area contributed by atoms with Crippen molar-refractivity contribution < 1.29 is 9.18 Å². The monoisotopic (exact) mass is 220 g/mol. The summed E-state index contributed by atoms with van der Waals surface area (Å²) in [5, 5.41) is 0. The Bertz CT molecular complexity index is 378. The van der Waals surface area contributed by atoms with Crippen molar-refractivity contribution in [1.29, 1.82) is 0 Å². The Morgan fingerprint density at radius 3 is 2.44 bits per heavy atom. The van der Waals surface area contributed by atoms with Crippen molar-refractivity contribution in [3.05, 3.63) is 35.4 Å². The van der Waals surface area contributed by atoms with Crippen molar-refractivity contribution in [2.75, 3.05) is 0 Å². The van der Waals surface area contributed by atoms with E-state index in [1.807, 2.05) is 24.3 Å². The molecule has 1 nitrogen and oxygen atoms in total. The average molecular weight is 220 g/mol. The SMILES string of the molecule is CC(=O)c1ccccc1C1CCC(F)CC1. The number of ketones is 1. The average Bonchev–Trinajstić information content (AvgIpc) is 2.30. The third-order valence-electron chi connectivity index (χ3n) is 3.44. The Morgan fingerprint density at radius 1 is 1.19 bits per heavy atom. The van der Waals surface area contributed by atoms with Crippen LogP contribution in [0.1, 0.15) is 54.4 Å². The van der Waals surface area contributed by atoms with Crippen molar-refractivity contribution in [1.82, 2.24) is 0 Å². The predicted molar refractivity (Wildman–Crippen MR) is 62.6 cm³/mol. The van der Waals surface area contributed by atoms with Gasteiger partial charge in [0, 0.05) is 5.56 Å². The fraction of sp³-hybridized carbons (Fsp3) is 0.500. The fourth-order valence-electron chi connectivity index (χ4n) is 2.54. The van der Waals surface area contributed by atoms with Gasteiger partial charge in [-0.25, -0.2) is 4.39 Å². The Labute approximate surface area is 95.7 Å². The lowest BCUT2D eigenvalue weighted by atomic mass is 9.81. The fourth-order valence-corrected chi connectivity index (χ4v) is 2.54. The number of hydrogen-bond acceptors (Lipinski definition) is 1. The minimum absolute atomic E-state index is 0.109. The van der Waals surface area contributed by atoms with Gasteiger partial charge in [0.15, 0.2) is 5.78 Å². The van der Waals surface area contributed by atoms with E-state index in [-0.39, 0.29) is 5.78 Å². The topological polar surface area (TPSA) is 17.1 Å². The summed E-state index contributed by atoms with van der Waals surface area (Å²) < 4.78 is 13.1. The maximum atomic E-state index is 13.1. The van der Waals surface area contributed by atoms with E-state index in [4.69, 9.17) is 0 Å². The molecular formula is C14H17FO. The Hall–Kier alpha value is -1.18. The van der Waals surface area contributed by atoms with Crippen LogP contribution in [0.15, 0.2) is 24.3 Å². The van der Waals surface area contributed by atoms with Crippen LogP contribution < -0.4 is 0 Å². The molecule has 1 aliphatic rings. The highest BCUT2D eigenvalue weighted by Crippen LogP contribution is 2.35. The third-order valence-corrected chi connectivity index (χ3v) is 3.44. The van der Waals surface area contributed by atoms with E-state index in [0.29, 0.717) is 18.8 Å². The molecule has 1 aromatic rings. The smallest absolute Gasteiger partial charge is 0.160 e. The summed E-state index contributed by atoms with van der Waals surface area (Å²) in [4.78, 5) is 11.5. The maximum absolute atomic E-state index is 13.1. The minimum atomic E-state index is -0.638. The van der Waals surface area contributed by atoms with Crippen LogP contribution in [0.3, 0.4) is 0 Å². The van der Waals surface area contributed by atoms with E-state index in [2.05, 4.69) is 0 Å². The molecule has 1 aromatic carbocycles. The molecule has 2 heteroatoms. The van der Waals surface area contributed by atoms with Crippen molar-refractivity contribution in [2.24, 2.45) is 0 Å². The number of Topliss-reactive ketones (excluding diaryl/α,β-unsaturated/α-hetero) is 1. The summed E-state index contributed by atoms with van der Waals surface area (Å²) in [6.45, 7) is 1.60. The number of rotatable bonds is 2. The van der Waals surface area contributed by atoms with Gasteiger partial charge in [-0.1, -0.05) is 24.3 Å². The number of alkyl halides is 1. The first-order valence-corrected chi connectivity index (χ1v) is 5.92. The van der Waals surface area contributed by atoms with Gasteiger partial charge in [-0.15, -0.1) is 0 Å². The molecular weight excluding hydrogens is 203 g/mol. The molecule has 0 radical (unpaired) electrons. The summed E-state index contributed by atoms with van der Waals surface area (Å²) in [7, 11) is 0. The molecule has 0 amide bonds. The summed E-state index contributed by atoms with van der Waals surface area (Å²) in [5.74, 6) is 0.477. The van der Waals surface area contributed by atoms with Crippen molar-refractivity contribution >= 4 is 5.78 Å². The second kappa shape index (κ2) is 4.77. The van der Waals surface area contributed by atoms with Crippen LogP contribution in [0.25, 0.3) is 0 Å². The van der Waals surface area contributed by atoms with Gasteiger partial charge in [0.2, 0.25) is 0 Å². The predicted octanol–water partition coefficient (Wildman–Crippen LogP) is 3.88. The van der Waals surface area contributed by atoms with Gasteiger partial charge in [-0.05, 0) is 44.1 Å². The molecule has 0 spiro atoms. The Balaban J connectivity index is 2.23. The molecule has 0 unspecified atom stereocenters. The van der Waals surface area contributed by atoms with Gasteiger partial charge < -0.3 is 0 Å². The van der Waals surface area contributed by atoms with Crippen molar-refractivity contribution in [3.63, 3.8) is 0 Å². The first kappa shape index (κ1) is 11.3. The van der Waals surface area contributed by atoms with Crippen LogP contribution in [-0.4, -0.2) is 12.0 Å². The molecule has 16 heavy (non-hydrogen) atoms. The van der Waals surface area contributed by atoms with Gasteiger partial charge in [0.05, 0.1) is 0 Å². The Morgan fingerprint density at radius 2 is 1.81 bits per heavy atom. The molecule has 0 heterocycles. The number of hydrogen-bond donors (Lipinski definition) is 0. The lowest BCUT2D eigenvalue weighted by Gasteiger charge is -2.25. The highest BCUT2D eigenvalue weighted by atomic mass is 19.1. The van der Waals surface area contributed by atoms with Crippen LogP contribution in [0.2, 0.25) is 0 Å². The quantitative estimate of drug-likeness (QED) is 0.691.